The van der Waals surface area contributed by atoms with E-state index in [-0.39, 0.29) is 6.10 Å². The molecule has 2 atom stereocenters. The maximum atomic E-state index is 5.83. The van der Waals surface area contributed by atoms with Crippen molar-refractivity contribution in [1.82, 2.24) is 9.97 Å². The molecule has 0 radical (unpaired) electrons. The average Bonchev–Trinajstić information content (AvgIpc) is 2.49. The highest BCUT2D eigenvalue weighted by atomic mass is 16.5. The summed E-state index contributed by atoms with van der Waals surface area (Å²) < 4.78 is 5.78. The lowest BCUT2D eigenvalue weighted by Crippen LogP contribution is -2.19. The largest absolute Gasteiger partial charge is 0.474 e. The van der Waals surface area contributed by atoms with Crippen LogP contribution in [0, 0.1) is 13.8 Å². The topological polar surface area (TPSA) is 61.0 Å². The zero-order chi connectivity index (χ0) is 10.8. The van der Waals surface area contributed by atoms with Gasteiger partial charge in [0.2, 0.25) is 5.88 Å². The van der Waals surface area contributed by atoms with Gasteiger partial charge in [-0.1, -0.05) is 0 Å². The van der Waals surface area contributed by atoms with Gasteiger partial charge in [-0.05, 0) is 33.1 Å². The number of nitrogens with two attached hydrogens (primary N) is 1. The van der Waals surface area contributed by atoms with Crippen LogP contribution in [0.4, 0.5) is 0 Å². The maximum Gasteiger partial charge on any atom is 0.217 e. The van der Waals surface area contributed by atoms with E-state index in [2.05, 4.69) is 9.97 Å². The Morgan fingerprint density at radius 3 is 2.73 bits per heavy atom. The van der Waals surface area contributed by atoms with Crippen molar-refractivity contribution >= 4 is 0 Å². The van der Waals surface area contributed by atoms with Crippen molar-refractivity contribution in [3.8, 4) is 5.88 Å². The highest BCUT2D eigenvalue weighted by Gasteiger charge is 2.23. The zero-order valence-corrected chi connectivity index (χ0v) is 9.23. The number of ether oxygens (including phenoxy) is 1. The van der Waals surface area contributed by atoms with Crippen molar-refractivity contribution in [2.45, 2.75) is 45.3 Å². The summed E-state index contributed by atoms with van der Waals surface area (Å²) in [4.78, 5) is 8.46. The van der Waals surface area contributed by atoms with Gasteiger partial charge in [0.05, 0.1) is 0 Å². The molecule has 2 unspecified atom stereocenters. The van der Waals surface area contributed by atoms with E-state index in [0.29, 0.717) is 11.9 Å². The molecule has 0 bridgehead atoms. The Hall–Kier alpha value is -1.16. The Morgan fingerprint density at radius 2 is 2.13 bits per heavy atom. The third-order valence-corrected chi connectivity index (χ3v) is 2.66. The second-order valence-corrected chi connectivity index (χ2v) is 4.21. The van der Waals surface area contributed by atoms with Gasteiger partial charge in [0.15, 0.2) is 0 Å². The molecule has 0 saturated heterocycles. The quantitative estimate of drug-likeness (QED) is 0.795. The molecule has 0 amide bonds. The van der Waals surface area contributed by atoms with E-state index in [1.54, 1.807) is 0 Å². The monoisotopic (exact) mass is 207 g/mol. The summed E-state index contributed by atoms with van der Waals surface area (Å²) in [5.41, 5.74) is 6.77. The molecule has 1 fully saturated rings. The molecular weight excluding hydrogens is 190 g/mol. The third kappa shape index (κ3) is 2.65. The number of aromatic nitrogens is 2. The molecular formula is C11H17N3O. The van der Waals surface area contributed by atoms with Crippen LogP contribution in [0.25, 0.3) is 0 Å². The Kier molecular flexibility index (Phi) is 2.86. The van der Waals surface area contributed by atoms with Gasteiger partial charge in [-0.25, -0.2) is 4.98 Å². The summed E-state index contributed by atoms with van der Waals surface area (Å²) in [7, 11) is 0. The standard InChI is InChI=1S/C11H17N3O/c1-7-5-11(14-8(2)13-7)15-10-4-3-9(12)6-10/h5,9-10H,3-4,6,12H2,1-2H3. The van der Waals surface area contributed by atoms with Crippen molar-refractivity contribution in [3.63, 3.8) is 0 Å². The third-order valence-electron chi connectivity index (χ3n) is 2.66. The SMILES string of the molecule is Cc1cc(OC2CCC(N)C2)nc(C)n1. The minimum absolute atomic E-state index is 0.230. The molecule has 1 aliphatic rings. The average molecular weight is 207 g/mol. The lowest BCUT2D eigenvalue weighted by molar-refractivity contribution is 0.199. The first kappa shape index (κ1) is 10.4. The van der Waals surface area contributed by atoms with Crippen LogP contribution >= 0.6 is 0 Å². The fourth-order valence-electron chi connectivity index (χ4n) is 1.99. The summed E-state index contributed by atoms with van der Waals surface area (Å²) in [5, 5.41) is 0. The van der Waals surface area contributed by atoms with E-state index >= 15 is 0 Å². The molecule has 4 heteroatoms. The molecule has 4 nitrogen and oxygen atoms in total. The molecule has 1 saturated carbocycles. The van der Waals surface area contributed by atoms with Gasteiger partial charge < -0.3 is 10.5 Å². The minimum Gasteiger partial charge on any atom is -0.474 e. The van der Waals surface area contributed by atoms with Crippen LogP contribution in [-0.2, 0) is 0 Å². The Balaban J connectivity index is 2.04. The molecule has 1 aliphatic carbocycles. The van der Waals surface area contributed by atoms with Gasteiger partial charge in [-0.2, -0.15) is 4.98 Å². The van der Waals surface area contributed by atoms with Crippen LogP contribution in [0.15, 0.2) is 6.07 Å². The first-order valence-corrected chi connectivity index (χ1v) is 5.38. The Labute approximate surface area is 89.9 Å². The Bertz CT molecular complexity index is 333. The molecule has 1 aromatic rings. The van der Waals surface area contributed by atoms with Crippen molar-refractivity contribution in [3.05, 3.63) is 17.6 Å². The van der Waals surface area contributed by atoms with Gasteiger partial charge in [-0.15, -0.1) is 0 Å². The van der Waals surface area contributed by atoms with Crippen molar-refractivity contribution in [1.29, 1.82) is 0 Å². The summed E-state index contributed by atoms with van der Waals surface area (Å²) in [6.45, 7) is 3.82. The second-order valence-electron chi connectivity index (χ2n) is 4.21. The number of hydrogen-bond donors (Lipinski definition) is 1. The first-order valence-electron chi connectivity index (χ1n) is 5.38. The van der Waals surface area contributed by atoms with Crippen LogP contribution in [0.1, 0.15) is 30.8 Å². The molecule has 2 rings (SSSR count). The van der Waals surface area contributed by atoms with Gasteiger partial charge in [0, 0.05) is 17.8 Å². The molecule has 0 spiro atoms. The van der Waals surface area contributed by atoms with Crippen LogP contribution in [0.5, 0.6) is 5.88 Å². The van der Waals surface area contributed by atoms with E-state index in [0.717, 1.165) is 30.8 Å². The van der Waals surface area contributed by atoms with E-state index in [4.69, 9.17) is 10.5 Å². The molecule has 82 valence electrons. The highest BCUT2D eigenvalue weighted by molar-refractivity contribution is 5.15. The molecule has 15 heavy (non-hydrogen) atoms. The summed E-state index contributed by atoms with van der Waals surface area (Å²) in [6.07, 6.45) is 3.24. The molecule has 2 N–H and O–H groups in total. The highest BCUT2D eigenvalue weighted by Crippen LogP contribution is 2.22. The lowest BCUT2D eigenvalue weighted by atomic mass is 10.3. The number of nitrogens with zero attached hydrogens (tertiary/aromatic N) is 2. The van der Waals surface area contributed by atoms with E-state index < -0.39 is 0 Å². The van der Waals surface area contributed by atoms with Gasteiger partial charge in [-0.3, -0.25) is 0 Å². The molecule has 0 aromatic carbocycles. The molecule has 1 heterocycles. The van der Waals surface area contributed by atoms with Crippen LogP contribution in [-0.4, -0.2) is 22.1 Å². The smallest absolute Gasteiger partial charge is 0.217 e. The number of rotatable bonds is 2. The number of aryl methyl sites for hydroxylation is 2. The maximum absolute atomic E-state index is 5.83. The van der Waals surface area contributed by atoms with E-state index in [1.807, 2.05) is 19.9 Å². The number of hydrogen-bond acceptors (Lipinski definition) is 4. The summed E-state index contributed by atoms with van der Waals surface area (Å²) in [6, 6.07) is 2.16. The van der Waals surface area contributed by atoms with Gasteiger partial charge >= 0.3 is 0 Å². The van der Waals surface area contributed by atoms with Crippen LogP contribution in [0.2, 0.25) is 0 Å². The Morgan fingerprint density at radius 1 is 1.33 bits per heavy atom. The summed E-state index contributed by atoms with van der Waals surface area (Å²) in [5.74, 6) is 1.44. The summed E-state index contributed by atoms with van der Waals surface area (Å²) >= 11 is 0. The van der Waals surface area contributed by atoms with Gasteiger partial charge in [0.25, 0.3) is 0 Å². The molecule has 1 aromatic heterocycles. The zero-order valence-electron chi connectivity index (χ0n) is 9.23. The van der Waals surface area contributed by atoms with Crippen molar-refractivity contribution in [2.24, 2.45) is 5.73 Å². The van der Waals surface area contributed by atoms with Gasteiger partial charge in [0.1, 0.15) is 11.9 Å². The van der Waals surface area contributed by atoms with Crippen molar-refractivity contribution in [2.75, 3.05) is 0 Å². The minimum atomic E-state index is 0.230. The van der Waals surface area contributed by atoms with Crippen LogP contribution < -0.4 is 10.5 Å². The van der Waals surface area contributed by atoms with E-state index in [9.17, 15) is 0 Å². The van der Waals surface area contributed by atoms with E-state index in [1.165, 1.54) is 0 Å². The fraction of sp³-hybridized carbons (Fsp3) is 0.636. The van der Waals surface area contributed by atoms with Crippen LogP contribution in [0.3, 0.4) is 0 Å². The fourth-order valence-corrected chi connectivity index (χ4v) is 1.99. The second kappa shape index (κ2) is 4.14. The predicted octanol–water partition coefficient (Wildman–Crippen LogP) is 1.35. The molecule has 0 aliphatic heterocycles. The normalized spacial score (nSPS) is 25.5. The predicted molar refractivity (Wildman–Crippen MR) is 57.7 cm³/mol. The lowest BCUT2D eigenvalue weighted by Gasteiger charge is -2.12. The first-order chi connectivity index (χ1) is 7.13. The van der Waals surface area contributed by atoms with Crippen molar-refractivity contribution < 1.29 is 4.74 Å².